The molecule has 13 aromatic rings. The summed E-state index contributed by atoms with van der Waals surface area (Å²) in [5, 5.41) is 8.06. The van der Waals surface area contributed by atoms with Gasteiger partial charge in [-0.05, 0) is 103 Å². The van der Waals surface area contributed by atoms with Crippen molar-refractivity contribution in [1.82, 2.24) is 14.1 Å². The Labute approximate surface area is 371 Å². The molecule has 0 saturated heterocycles. The third-order valence-electron chi connectivity index (χ3n) is 12.8. The maximum absolute atomic E-state index is 6.85. The number of hydrogen-bond donors (Lipinski definition) is 0. The Kier molecular flexibility index (Phi) is 8.27. The van der Waals surface area contributed by atoms with E-state index in [0.717, 1.165) is 65.5 Å². The molecule has 9 aromatic carbocycles. The summed E-state index contributed by atoms with van der Waals surface area (Å²) in [6, 6.07) is 85.2. The lowest BCUT2D eigenvalue weighted by Gasteiger charge is -2.40. The lowest BCUT2D eigenvalue weighted by Crippen LogP contribution is -2.07. The van der Waals surface area contributed by atoms with Crippen LogP contribution in [0.4, 0.5) is 0 Å². The van der Waals surface area contributed by atoms with Crippen LogP contribution >= 0.6 is 10.0 Å². The molecule has 0 bridgehead atoms. The summed E-state index contributed by atoms with van der Waals surface area (Å²) in [4.78, 5) is 9.26. The molecule has 4 aromatic heterocycles. The molecule has 0 atom stereocenters. The average molecular weight is 838 g/mol. The van der Waals surface area contributed by atoms with E-state index in [1.54, 1.807) is 0 Å². The fourth-order valence-corrected chi connectivity index (χ4v) is 13.9. The topological polar surface area (TPSA) is 35.9 Å². The number of furan rings is 1. The Morgan fingerprint density at radius 1 is 0.359 bits per heavy atom. The van der Waals surface area contributed by atoms with E-state index >= 15 is 0 Å². The molecule has 0 fully saturated rings. The van der Waals surface area contributed by atoms with Gasteiger partial charge >= 0.3 is 0 Å². The summed E-state index contributed by atoms with van der Waals surface area (Å²) >= 11 is 0. The van der Waals surface area contributed by atoms with Crippen LogP contribution in [0.25, 0.3) is 88.2 Å². The quantitative estimate of drug-likeness (QED) is 0.160. The second-order valence-corrected chi connectivity index (χ2v) is 19.3. The van der Waals surface area contributed by atoms with Gasteiger partial charge in [-0.3, -0.25) is 0 Å². The van der Waals surface area contributed by atoms with Crippen molar-refractivity contribution in [3.05, 3.63) is 237 Å². The molecule has 0 aliphatic carbocycles. The molecule has 4 heterocycles. The van der Waals surface area contributed by atoms with E-state index in [0.29, 0.717) is 0 Å². The molecular weight excluding hydrogens is 799 g/mol. The largest absolute Gasteiger partial charge is 0.455 e. The van der Waals surface area contributed by atoms with Crippen molar-refractivity contribution in [2.45, 2.75) is 19.7 Å². The van der Waals surface area contributed by atoms with Crippen molar-refractivity contribution in [2.75, 3.05) is 0 Å². The SMILES string of the molecule is c1ccc(-n2c3ccccc3c3cc(-n4c5ccccc5c5cc(-c6cccc(S(c7ccccc7)(c7ccccc7)c7cccc8c7oc7ccccc78)n6)ccc54)ccc32)cc1. The molecule has 0 radical (unpaired) electrons. The Bertz CT molecular complexity index is 3860. The van der Waals surface area contributed by atoms with Crippen LogP contribution in [0, 0.1) is 0 Å². The van der Waals surface area contributed by atoms with Gasteiger partial charge in [0.25, 0.3) is 0 Å². The molecule has 0 aliphatic rings. The van der Waals surface area contributed by atoms with Crippen LogP contribution in [0.2, 0.25) is 0 Å². The van der Waals surface area contributed by atoms with Crippen LogP contribution in [0.15, 0.2) is 261 Å². The molecule has 0 saturated carbocycles. The average Bonchev–Trinajstić information content (AvgIpc) is 4.03. The van der Waals surface area contributed by atoms with E-state index < -0.39 is 10.0 Å². The molecule has 5 heteroatoms. The fraction of sp³-hybridized carbons (Fsp3) is 0. The number of nitrogens with zero attached hydrogens (tertiary/aromatic N) is 3. The highest BCUT2D eigenvalue weighted by Gasteiger charge is 2.37. The van der Waals surface area contributed by atoms with Crippen molar-refractivity contribution >= 4 is 75.6 Å². The predicted octanol–water partition coefficient (Wildman–Crippen LogP) is 16.2. The number of hydrogen-bond acceptors (Lipinski definition) is 2. The molecule has 0 spiro atoms. The second-order valence-electron chi connectivity index (χ2n) is 16.3. The van der Waals surface area contributed by atoms with Crippen molar-refractivity contribution < 1.29 is 4.42 Å². The first-order valence-electron chi connectivity index (χ1n) is 21.7. The summed E-state index contributed by atoms with van der Waals surface area (Å²) in [7, 11) is -2.19. The van der Waals surface area contributed by atoms with E-state index in [-0.39, 0.29) is 0 Å². The minimum Gasteiger partial charge on any atom is -0.455 e. The zero-order valence-corrected chi connectivity index (χ0v) is 35.5. The van der Waals surface area contributed by atoms with Crippen molar-refractivity contribution in [3.8, 4) is 22.6 Å². The van der Waals surface area contributed by atoms with Crippen molar-refractivity contribution in [3.63, 3.8) is 0 Å². The van der Waals surface area contributed by atoms with E-state index in [2.05, 4.69) is 240 Å². The lowest BCUT2D eigenvalue weighted by molar-refractivity contribution is 0.659. The second kappa shape index (κ2) is 14.5. The molecule has 13 rings (SSSR count). The third-order valence-corrected chi connectivity index (χ3v) is 16.6. The van der Waals surface area contributed by atoms with E-state index in [1.165, 1.54) is 42.4 Å². The Morgan fingerprint density at radius 2 is 0.891 bits per heavy atom. The van der Waals surface area contributed by atoms with Crippen LogP contribution in [-0.4, -0.2) is 14.1 Å². The summed E-state index contributed by atoms with van der Waals surface area (Å²) in [5.74, 6) is 0. The maximum atomic E-state index is 6.85. The third kappa shape index (κ3) is 5.41. The van der Waals surface area contributed by atoms with Gasteiger partial charge in [-0.1, -0.05) is 133 Å². The Morgan fingerprint density at radius 3 is 1.59 bits per heavy atom. The lowest BCUT2D eigenvalue weighted by atomic mass is 10.1. The zero-order valence-electron chi connectivity index (χ0n) is 34.7. The summed E-state index contributed by atoms with van der Waals surface area (Å²) in [6.45, 7) is 0. The van der Waals surface area contributed by atoms with Gasteiger partial charge in [-0.25, -0.2) is 4.98 Å². The highest BCUT2D eigenvalue weighted by Crippen LogP contribution is 2.74. The maximum Gasteiger partial charge on any atom is 0.148 e. The highest BCUT2D eigenvalue weighted by atomic mass is 32.3. The molecule has 0 aliphatic heterocycles. The molecule has 4 nitrogen and oxygen atoms in total. The molecule has 302 valence electrons. The first-order valence-corrected chi connectivity index (χ1v) is 23.3. The minimum absolute atomic E-state index is 0.882. The standard InChI is InChI=1S/C59H39N3OS/c1-4-18-41(19-5-1)61-52-29-13-11-25-46(52)50-39-42(35-37-55(50)61)62-53-30-14-10-24-45(53)49-38-40(34-36-54(49)62)51-28-17-33-58(60-51)64(43-20-6-2-7-21-43,44-22-8-3-9-23-44)57-32-16-27-48-47-26-12-15-31-56(47)63-59(48)57/h1-39H. The number of aromatic nitrogens is 3. The molecule has 64 heavy (non-hydrogen) atoms. The normalized spacial score (nSPS) is 12.3. The highest BCUT2D eigenvalue weighted by molar-refractivity contribution is 8.34. The van der Waals surface area contributed by atoms with Crippen LogP contribution in [0.5, 0.6) is 0 Å². The van der Waals surface area contributed by atoms with Gasteiger partial charge in [0.05, 0.1) is 32.8 Å². The first-order chi connectivity index (χ1) is 31.8. The van der Waals surface area contributed by atoms with E-state index in [4.69, 9.17) is 9.40 Å². The van der Waals surface area contributed by atoms with E-state index in [1.807, 2.05) is 6.07 Å². The number of pyridine rings is 1. The number of fused-ring (bicyclic) bond motifs is 9. The summed E-state index contributed by atoms with van der Waals surface area (Å²) in [5.41, 5.74) is 10.7. The first kappa shape index (κ1) is 36.5. The Balaban J connectivity index is 1.01. The van der Waals surface area contributed by atoms with Crippen LogP contribution < -0.4 is 0 Å². The number of para-hydroxylation sites is 5. The van der Waals surface area contributed by atoms with Gasteiger partial charge in [0.2, 0.25) is 0 Å². The molecule has 0 amide bonds. The predicted molar refractivity (Wildman–Crippen MR) is 266 cm³/mol. The van der Waals surface area contributed by atoms with Gasteiger partial charge in [0, 0.05) is 63.9 Å². The smallest absolute Gasteiger partial charge is 0.148 e. The van der Waals surface area contributed by atoms with Gasteiger partial charge in [0.15, 0.2) is 0 Å². The monoisotopic (exact) mass is 837 g/mol. The van der Waals surface area contributed by atoms with Crippen molar-refractivity contribution in [2.24, 2.45) is 0 Å². The number of rotatable bonds is 7. The zero-order chi connectivity index (χ0) is 42.2. The van der Waals surface area contributed by atoms with Gasteiger partial charge < -0.3 is 13.6 Å². The minimum atomic E-state index is -2.19. The van der Waals surface area contributed by atoms with Gasteiger partial charge in [-0.2, -0.15) is 0 Å². The molecule has 0 N–H and O–H groups in total. The Hall–Kier alpha value is -8.12. The van der Waals surface area contributed by atoms with Crippen molar-refractivity contribution in [1.29, 1.82) is 0 Å². The number of benzene rings is 9. The van der Waals surface area contributed by atoms with Crippen LogP contribution in [0.3, 0.4) is 0 Å². The molecular formula is C59H39N3OS. The van der Waals surface area contributed by atoms with E-state index in [9.17, 15) is 0 Å². The fourth-order valence-electron chi connectivity index (χ4n) is 10.1. The molecule has 0 unspecified atom stereocenters. The summed E-state index contributed by atoms with van der Waals surface area (Å²) in [6.07, 6.45) is 0. The van der Waals surface area contributed by atoms with Gasteiger partial charge in [-0.15, -0.1) is 10.0 Å². The van der Waals surface area contributed by atoms with Crippen LogP contribution in [0.1, 0.15) is 0 Å². The van der Waals surface area contributed by atoms with Gasteiger partial charge in [0.1, 0.15) is 11.2 Å². The summed E-state index contributed by atoms with van der Waals surface area (Å²) < 4.78 is 11.6. The van der Waals surface area contributed by atoms with Crippen LogP contribution in [-0.2, 0) is 0 Å².